The molecule has 1 aliphatic rings. The standard InChI is InChI=1S/C12H16N4S/c13-12-7-10(11-4-2-6-17-11)15-16(12)9-3-1-5-14-8-9/h2,4,6-7,9,14H,1,3,5,8,13H2. The summed E-state index contributed by atoms with van der Waals surface area (Å²) in [4.78, 5) is 1.18. The van der Waals surface area contributed by atoms with Crippen molar-refractivity contribution in [3.05, 3.63) is 23.6 Å². The Morgan fingerprint density at radius 3 is 3.18 bits per heavy atom. The highest BCUT2D eigenvalue weighted by Crippen LogP contribution is 2.28. The molecule has 1 atom stereocenters. The van der Waals surface area contributed by atoms with E-state index in [0.29, 0.717) is 6.04 Å². The summed E-state index contributed by atoms with van der Waals surface area (Å²) >= 11 is 1.70. The van der Waals surface area contributed by atoms with E-state index in [0.717, 1.165) is 31.0 Å². The van der Waals surface area contributed by atoms with Crippen LogP contribution in [0.3, 0.4) is 0 Å². The molecule has 0 aromatic carbocycles. The Morgan fingerprint density at radius 1 is 1.53 bits per heavy atom. The first-order valence-corrected chi connectivity index (χ1v) is 6.82. The second kappa shape index (κ2) is 4.50. The number of rotatable bonds is 2. The largest absolute Gasteiger partial charge is 0.384 e. The molecule has 90 valence electrons. The SMILES string of the molecule is Nc1cc(-c2cccs2)nn1C1CCCNC1. The zero-order valence-corrected chi connectivity index (χ0v) is 10.4. The molecule has 0 amide bonds. The number of nitrogens with zero attached hydrogens (tertiary/aromatic N) is 2. The fourth-order valence-corrected chi connectivity index (χ4v) is 2.97. The highest BCUT2D eigenvalue weighted by atomic mass is 32.1. The molecule has 0 aliphatic carbocycles. The van der Waals surface area contributed by atoms with Gasteiger partial charge in [0, 0.05) is 12.6 Å². The van der Waals surface area contributed by atoms with Crippen molar-refractivity contribution in [3.63, 3.8) is 0 Å². The Labute approximate surface area is 104 Å². The van der Waals surface area contributed by atoms with Crippen LogP contribution in [0.1, 0.15) is 18.9 Å². The van der Waals surface area contributed by atoms with Crippen molar-refractivity contribution < 1.29 is 0 Å². The number of nitrogens with two attached hydrogens (primary N) is 1. The van der Waals surface area contributed by atoms with Crippen molar-refractivity contribution in [3.8, 4) is 10.6 Å². The van der Waals surface area contributed by atoms with Crippen molar-refractivity contribution in [1.29, 1.82) is 0 Å². The van der Waals surface area contributed by atoms with Gasteiger partial charge in [-0.3, -0.25) is 0 Å². The number of hydrogen-bond donors (Lipinski definition) is 2. The van der Waals surface area contributed by atoms with Gasteiger partial charge in [-0.2, -0.15) is 5.10 Å². The third-order valence-electron chi connectivity index (χ3n) is 3.15. The first-order valence-electron chi connectivity index (χ1n) is 5.94. The van der Waals surface area contributed by atoms with E-state index in [9.17, 15) is 0 Å². The summed E-state index contributed by atoms with van der Waals surface area (Å²) in [5.41, 5.74) is 7.04. The second-order valence-corrected chi connectivity index (χ2v) is 5.32. The average molecular weight is 248 g/mol. The van der Waals surface area contributed by atoms with E-state index < -0.39 is 0 Å². The van der Waals surface area contributed by atoms with Crippen molar-refractivity contribution in [2.24, 2.45) is 0 Å². The third kappa shape index (κ3) is 2.08. The van der Waals surface area contributed by atoms with Gasteiger partial charge in [-0.05, 0) is 30.8 Å². The molecule has 1 saturated heterocycles. The molecule has 1 fully saturated rings. The molecule has 3 heterocycles. The first kappa shape index (κ1) is 10.8. The van der Waals surface area contributed by atoms with Gasteiger partial charge in [0.1, 0.15) is 11.5 Å². The minimum Gasteiger partial charge on any atom is -0.384 e. The van der Waals surface area contributed by atoms with Crippen LogP contribution in [0.5, 0.6) is 0 Å². The van der Waals surface area contributed by atoms with Gasteiger partial charge in [-0.25, -0.2) is 4.68 Å². The van der Waals surface area contributed by atoms with Crippen LogP contribution >= 0.6 is 11.3 Å². The fourth-order valence-electron chi connectivity index (χ4n) is 2.29. The number of hydrogen-bond acceptors (Lipinski definition) is 4. The van der Waals surface area contributed by atoms with E-state index in [1.807, 2.05) is 16.8 Å². The van der Waals surface area contributed by atoms with Crippen LogP contribution in [0.25, 0.3) is 10.6 Å². The van der Waals surface area contributed by atoms with E-state index in [2.05, 4.69) is 21.9 Å². The molecule has 0 saturated carbocycles. The van der Waals surface area contributed by atoms with Gasteiger partial charge < -0.3 is 11.1 Å². The predicted octanol–water partition coefficient (Wildman–Crippen LogP) is 2.12. The Morgan fingerprint density at radius 2 is 2.47 bits per heavy atom. The van der Waals surface area contributed by atoms with Crippen LogP contribution in [0.4, 0.5) is 5.82 Å². The van der Waals surface area contributed by atoms with Gasteiger partial charge >= 0.3 is 0 Å². The monoisotopic (exact) mass is 248 g/mol. The van der Waals surface area contributed by atoms with Crippen LogP contribution in [0, 0.1) is 0 Å². The lowest BCUT2D eigenvalue weighted by molar-refractivity contribution is 0.351. The maximum absolute atomic E-state index is 6.06. The van der Waals surface area contributed by atoms with E-state index in [-0.39, 0.29) is 0 Å². The topological polar surface area (TPSA) is 55.9 Å². The molecule has 2 aromatic heterocycles. The highest BCUT2D eigenvalue weighted by Gasteiger charge is 2.19. The lowest BCUT2D eigenvalue weighted by Gasteiger charge is -2.23. The van der Waals surface area contributed by atoms with Crippen molar-refractivity contribution in [2.45, 2.75) is 18.9 Å². The zero-order chi connectivity index (χ0) is 11.7. The van der Waals surface area contributed by atoms with E-state index >= 15 is 0 Å². The summed E-state index contributed by atoms with van der Waals surface area (Å²) in [6.07, 6.45) is 2.35. The molecule has 5 heteroatoms. The summed E-state index contributed by atoms with van der Waals surface area (Å²) in [6, 6.07) is 6.49. The third-order valence-corrected chi connectivity index (χ3v) is 4.05. The minimum absolute atomic E-state index is 0.400. The van der Waals surface area contributed by atoms with E-state index in [4.69, 9.17) is 5.73 Å². The van der Waals surface area contributed by atoms with Crippen LogP contribution < -0.4 is 11.1 Å². The lowest BCUT2D eigenvalue weighted by Crippen LogP contribution is -2.32. The zero-order valence-electron chi connectivity index (χ0n) is 9.60. The summed E-state index contributed by atoms with van der Waals surface area (Å²) in [7, 11) is 0. The Bertz CT molecular complexity index is 483. The maximum Gasteiger partial charge on any atom is 0.122 e. The summed E-state index contributed by atoms with van der Waals surface area (Å²) in [6.45, 7) is 2.07. The Hall–Kier alpha value is -1.33. The molecule has 3 N–H and O–H groups in total. The van der Waals surface area contributed by atoms with Gasteiger partial charge in [-0.15, -0.1) is 11.3 Å². The van der Waals surface area contributed by atoms with Gasteiger partial charge in [0.2, 0.25) is 0 Å². The van der Waals surface area contributed by atoms with E-state index in [1.54, 1.807) is 11.3 Å². The smallest absolute Gasteiger partial charge is 0.122 e. The van der Waals surface area contributed by atoms with Crippen LogP contribution in [-0.2, 0) is 0 Å². The maximum atomic E-state index is 6.06. The van der Waals surface area contributed by atoms with Gasteiger partial charge in [0.25, 0.3) is 0 Å². The first-order chi connectivity index (χ1) is 8.34. The molecule has 1 unspecified atom stereocenters. The molecular weight excluding hydrogens is 232 g/mol. The van der Waals surface area contributed by atoms with Gasteiger partial charge in [0.05, 0.1) is 10.9 Å². The molecule has 17 heavy (non-hydrogen) atoms. The summed E-state index contributed by atoms with van der Waals surface area (Å²) in [5.74, 6) is 0.766. The molecule has 1 aliphatic heterocycles. The summed E-state index contributed by atoms with van der Waals surface area (Å²) in [5, 5.41) is 10.1. The number of thiophene rings is 1. The molecule has 2 aromatic rings. The van der Waals surface area contributed by atoms with Crippen molar-refractivity contribution >= 4 is 17.2 Å². The number of piperidine rings is 1. The fraction of sp³-hybridized carbons (Fsp3) is 0.417. The Kier molecular flexibility index (Phi) is 2.86. The highest BCUT2D eigenvalue weighted by molar-refractivity contribution is 7.13. The minimum atomic E-state index is 0.400. The number of anilines is 1. The number of aromatic nitrogens is 2. The lowest BCUT2D eigenvalue weighted by atomic mass is 10.1. The molecule has 0 spiro atoms. The van der Waals surface area contributed by atoms with E-state index in [1.165, 1.54) is 11.3 Å². The van der Waals surface area contributed by atoms with Gasteiger partial charge in [0.15, 0.2) is 0 Å². The number of nitrogens with one attached hydrogen (secondary N) is 1. The normalized spacial score (nSPS) is 20.6. The second-order valence-electron chi connectivity index (χ2n) is 4.38. The van der Waals surface area contributed by atoms with Gasteiger partial charge in [-0.1, -0.05) is 6.07 Å². The molecule has 0 radical (unpaired) electrons. The average Bonchev–Trinajstić information content (AvgIpc) is 2.99. The molecule has 0 bridgehead atoms. The van der Waals surface area contributed by atoms with Crippen LogP contribution in [0.2, 0.25) is 0 Å². The molecule has 3 rings (SSSR count). The van der Waals surface area contributed by atoms with Crippen molar-refractivity contribution in [1.82, 2.24) is 15.1 Å². The summed E-state index contributed by atoms with van der Waals surface area (Å²) < 4.78 is 1.97. The number of nitrogen functional groups attached to an aromatic ring is 1. The Balaban J connectivity index is 1.90. The van der Waals surface area contributed by atoms with Crippen LogP contribution in [-0.4, -0.2) is 22.9 Å². The quantitative estimate of drug-likeness (QED) is 0.856. The van der Waals surface area contributed by atoms with Crippen molar-refractivity contribution in [2.75, 3.05) is 18.8 Å². The predicted molar refractivity (Wildman–Crippen MR) is 71.1 cm³/mol. The molecule has 4 nitrogen and oxygen atoms in total. The molecular formula is C12H16N4S. The van der Waals surface area contributed by atoms with Crippen LogP contribution in [0.15, 0.2) is 23.6 Å².